The van der Waals surface area contributed by atoms with Gasteiger partial charge in [-0.05, 0) is 153 Å². The van der Waals surface area contributed by atoms with Gasteiger partial charge in [-0.3, -0.25) is 0 Å². The van der Waals surface area contributed by atoms with Crippen molar-refractivity contribution < 1.29 is 59.5 Å². The Morgan fingerprint density at radius 2 is 1.84 bits per heavy atom. The minimum absolute atomic E-state index is 0.00994. The molecule has 6 aliphatic rings. The van der Waals surface area contributed by atoms with Gasteiger partial charge in [-0.25, -0.2) is 4.79 Å². The number of hydrogen-bond acceptors (Lipinski definition) is 12. The van der Waals surface area contributed by atoms with Crippen LogP contribution in [-0.4, -0.2) is 115 Å². The summed E-state index contributed by atoms with van der Waals surface area (Å²) >= 11 is 0. The summed E-state index contributed by atoms with van der Waals surface area (Å²) in [5.41, 5.74) is 0.304. The third-order valence-electron chi connectivity index (χ3n) is 16.6. The van der Waals surface area contributed by atoms with Crippen LogP contribution in [0.4, 0.5) is 0 Å². The highest BCUT2D eigenvalue weighted by atomic mass is 16.7. The molecule has 3 saturated carbocycles. The van der Waals surface area contributed by atoms with Gasteiger partial charge in [0.1, 0.15) is 42.3 Å². The third-order valence-corrected chi connectivity index (χ3v) is 16.6. The molecule has 1 aromatic heterocycles. The van der Waals surface area contributed by atoms with Crippen LogP contribution in [0, 0.1) is 58.4 Å². The maximum Gasteiger partial charge on any atom is 0.335 e. The minimum Gasteiger partial charge on any atom is -0.478 e. The fourth-order valence-electron chi connectivity index (χ4n) is 13.4. The highest BCUT2D eigenvalue weighted by Gasteiger charge is 2.65. The second-order valence-electron chi connectivity index (χ2n) is 20.8. The van der Waals surface area contributed by atoms with Crippen molar-refractivity contribution in [2.24, 2.45) is 35.0 Å². The molecule has 9 rings (SSSR count). The predicted molar refractivity (Wildman–Crippen MR) is 254 cm³/mol. The van der Waals surface area contributed by atoms with E-state index in [-0.39, 0.29) is 66.9 Å². The molecule has 0 radical (unpaired) electrons. The Morgan fingerprint density at radius 3 is 2.54 bits per heavy atom. The lowest BCUT2D eigenvalue weighted by Crippen LogP contribution is -2.70. The van der Waals surface area contributed by atoms with Crippen LogP contribution in [0.2, 0.25) is 0 Å². The molecular weight excluding hydrogens is 881 g/mol. The number of ether oxygens (including phenoxy) is 4. The highest BCUT2D eigenvalue weighted by Crippen LogP contribution is 2.67. The first-order valence-electron chi connectivity index (χ1n) is 24.9. The van der Waals surface area contributed by atoms with E-state index in [2.05, 4.69) is 24.7 Å². The summed E-state index contributed by atoms with van der Waals surface area (Å²) in [5.74, 6) is 1.42. The maximum absolute atomic E-state index is 13.1. The molecule has 13 unspecified atom stereocenters. The van der Waals surface area contributed by atoms with Crippen molar-refractivity contribution in [2.75, 3.05) is 20.3 Å². The number of benzene rings is 2. The summed E-state index contributed by atoms with van der Waals surface area (Å²) in [6.45, 7) is 4.81. The monoisotopic (exact) mass is 950 g/mol. The first kappa shape index (κ1) is 50.6. The maximum atomic E-state index is 13.1. The Labute approximate surface area is 405 Å². The molecule has 3 aliphatic heterocycles. The average molecular weight is 951 g/mol. The molecule has 13 atom stereocenters. The largest absolute Gasteiger partial charge is 0.478 e. The van der Waals surface area contributed by atoms with Gasteiger partial charge in [0.2, 0.25) is 6.29 Å². The molecule has 4 fully saturated rings. The zero-order chi connectivity index (χ0) is 48.9. The number of hydrogen-bond donors (Lipinski definition) is 7. The molecule has 4 heterocycles. The van der Waals surface area contributed by atoms with Crippen LogP contribution in [0.3, 0.4) is 0 Å². The van der Waals surface area contributed by atoms with Crippen molar-refractivity contribution in [3.63, 3.8) is 0 Å². The third kappa shape index (κ3) is 10.7. The van der Waals surface area contributed by atoms with Crippen molar-refractivity contribution in [3.05, 3.63) is 101 Å². The number of carboxylic acids is 1. The van der Waals surface area contributed by atoms with Gasteiger partial charge >= 0.3 is 5.97 Å². The number of aromatic nitrogens is 1. The van der Waals surface area contributed by atoms with Gasteiger partial charge in [0.15, 0.2) is 5.60 Å². The SMILES string of the molecule is C=CCc1ccc(OC2OC3C(CCCO)OC#CCC(O)C(C4CCC5C(O)(C4)CC(Cc4ccc(C(=O)O)cc4)C54CCCC4)CC2(O)C(O)C3O)cc1CC(COC)Cn1ccc(C#N)c1. The molecule has 372 valence electrons. The Kier molecular flexibility index (Phi) is 15.9. The average Bonchev–Trinajstić information content (AvgIpc) is 4.07. The molecule has 14 nitrogen and oxygen atoms in total. The van der Waals surface area contributed by atoms with Crippen LogP contribution in [0.1, 0.15) is 110 Å². The van der Waals surface area contributed by atoms with Crippen LogP contribution < -0.4 is 4.74 Å². The number of fused-ring (bicyclic) bond motifs is 10. The Hall–Kier alpha value is -4.74. The van der Waals surface area contributed by atoms with Gasteiger partial charge < -0.3 is 59.3 Å². The molecule has 1 saturated heterocycles. The normalized spacial score (nSPS) is 33.2. The summed E-state index contributed by atoms with van der Waals surface area (Å²) in [7, 11) is 1.65. The first-order valence-corrected chi connectivity index (χ1v) is 24.9. The number of allylic oxidation sites excluding steroid dienone is 1. The van der Waals surface area contributed by atoms with Crippen LogP contribution in [0.25, 0.3) is 0 Å². The predicted octanol–water partition coefficient (Wildman–Crippen LogP) is 5.71. The van der Waals surface area contributed by atoms with Crippen molar-refractivity contribution in [1.82, 2.24) is 4.57 Å². The molecule has 0 amide bonds. The van der Waals surface area contributed by atoms with Crippen molar-refractivity contribution in [2.45, 2.75) is 151 Å². The number of nitriles is 1. The minimum atomic E-state index is -2.28. The van der Waals surface area contributed by atoms with E-state index in [0.717, 1.165) is 42.4 Å². The van der Waals surface area contributed by atoms with Crippen LogP contribution in [0.5, 0.6) is 5.75 Å². The molecule has 2 bridgehead atoms. The van der Waals surface area contributed by atoms with E-state index >= 15 is 0 Å². The number of aliphatic hydroxyl groups is 6. The molecule has 69 heavy (non-hydrogen) atoms. The highest BCUT2D eigenvalue weighted by molar-refractivity contribution is 5.87. The summed E-state index contributed by atoms with van der Waals surface area (Å²) < 4.78 is 26.9. The van der Waals surface area contributed by atoms with Crippen molar-refractivity contribution in [3.8, 4) is 23.8 Å². The zero-order valence-electron chi connectivity index (χ0n) is 39.7. The summed E-state index contributed by atoms with van der Waals surface area (Å²) in [4.78, 5) is 11.6. The van der Waals surface area contributed by atoms with Gasteiger partial charge in [-0.1, -0.05) is 43.0 Å². The number of carbonyl (C=O) groups is 1. The molecule has 1 spiro atoms. The van der Waals surface area contributed by atoms with Gasteiger partial charge in [0, 0.05) is 45.0 Å². The summed E-state index contributed by atoms with van der Waals surface area (Å²) in [6, 6.07) is 16.5. The summed E-state index contributed by atoms with van der Waals surface area (Å²) in [6.07, 6.45) is 8.27. The quantitative estimate of drug-likeness (QED) is 0.0638. The van der Waals surface area contributed by atoms with Crippen LogP contribution >= 0.6 is 0 Å². The second kappa shape index (κ2) is 21.7. The summed E-state index contributed by atoms with van der Waals surface area (Å²) in [5, 5.41) is 91.1. The lowest BCUT2D eigenvalue weighted by Gasteiger charge is -2.52. The van der Waals surface area contributed by atoms with E-state index in [1.807, 2.05) is 41.1 Å². The number of nitrogens with zero attached hydrogens (tertiary/aromatic N) is 2. The molecule has 2 aromatic carbocycles. The van der Waals surface area contributed by atoms with Crippen molar-refractivity contribution >= 4 is 5.97 Å². The molecule has 14 heteroatoms. The van der Waals surface area contributed by atoms with Gasteiger partial charge in [-0.2, -0.15) is 5.26 Å². The van der Waals surface area contributed by atoms with E-state index in [1.165, 1.54) is 0 Å². The van der Waals surface area contributed by atoms with Gasteiger partial charge in [0.05, 0.1) is 29.4 Å². The van der Waals surface area contributed by atoms with Crippen LogP contribution in [0.15, 0.2) is 73.6 Å². The fourth-order valence-corrected chi connectivity index (χ4v) is 13.4. The lowest BCUT2D eigenvalue weighted by molar-refractivity contribution is -0.334. The van der Waals surface area contributed by atoms with E-state index in [0.29, 0.717) is 69.4 Å². The number of aromatic carboxylic acids is 1. The van der Waals surface area contributed by atoms with E-state index in [4.69, 9.17) is 18.9 Å². The Balaban J connectivity index is 1.11. The molecule has 7 N–H and O–H groups in total. The van der Waals surface area contributed by atoms with E-state index in [1.54, 1.807) is 37.6 Å². The Bertz CT molecular complexity index is 2340. The number of carboxylic acid groups (broad SMARTS) is 1. The Morgan fingerprint density at radius 1 is 1.06 bits per heavy atom. The van der Waals surface area contributed by atoms with E-state index < -0.39 is 59.9 Å². The van der Waals surface area contributed by atoms with Crippen LogP contribution in [-0.2, 0) is 40.0 Å². The fraction of sp³-hybridized carbons (Fsp3) is 0.600. The standard InChI is InChI=1S/C55H70N2O12/c1-3-8-38-15-17-43(27-41(38)25-37(34-66-2)33-57-22-19-36(31-56)32-57)68-52-55(65)30-44(45(59)9-7-24-67-46(10-6-23-58)49(69-52)48(60)50(55)61)40-16-18-47-53(20-4-5-21-53)42(29-54(47,64)28-40)26-35-11-13-39(14-12-35)51(62)63/h3,11-15,17,19,22,27,32,37,40,42,44-50,52,58-61,64-65H,1,4-6,8-10,16,18,20-21,23,25-26,28-30,33-34H2,2H3,(H,62,63). The molecule has 3 aliphatic carbocycles. The number of rotatable bonds is 17. The molecular formula is C55H70N2O12. The zero-order valence-corrected chi connectivity index (χ0v) is 39.7. The van der Waals surface area contributed by atoms with Gasteiger partial charge in [0.25, 0.3) is 0 Å². The smallest absolute Gasteiger partial charge is 0.335 e. The first-order chi connectivity index (χ1) is 33.2. The van der Waals surface area contributed by atoms with Gasteiger partial charge in [-0.15, -0.1) is 6.58 Å². The second-order valence-corrected chi connectivity index (χ2v) is 20.8. The van der Waals surface area contributed by atoms with Crippen molar-refractivity contribution in [1.29, 1.82) is 5.26 Å². The lowest BCUT2D eigenvalue weighted by atomic mass is 9.59. The number of aliphatic hydroxyl groups excluding tert-OH is 4. The van der Waals surface area contributed by atoms with E-state index in [9.17, 15) is 45.8 Å². The number of methoxy groups -OCH3 is 1. The topological polar surface area (TPSA) is 224 Å². The molecule has 3 aromatic rings.